The van der Waals surface area contributed by atoms with Gasteiger partial charge in [0.15, 0.2) is 12.1 Å². The molecule has 0 atom stereocenters. The van der Waals surface area contributed by atoms with Gasteiger partial charge in [-0.3, -0.25) is 4.79 Å². The van der Waals surface area contributed by atoms with E-state index in [4.69, 9.17) is 0 Å². The number of aldehydes is 1. The van der Waals surface area contributed by atoms with Gasteiger partial charge in [-0.25, -0.2) is 9.67 Å². The van der Waals surface area contributed by atoms with Crippen LogP contribution in [0.3, 0.4) is 0 Å². The van der Waals surface area contributed by atoms with Crippen LogP contribution in [0, 0.1) is 0 Å². The van der Waals surface area contributed by atoms with Crippen molar-refractivity contribution in [2.45, 2.75) is 25.9 Å². The molecule has 0 unspecified atom stereocenters. The lowest BCUT2D eigenvalue weighted by Crippen LogP contribution is -2.07. The predicted octanol–water partition coefficient (Wildman–Crippen LogP) is 3.05. The van der Waals surface area contributed by atoms with Crippen molar-refractivity contribution in [2.24, 2.45) is 0 Å². The largest absolute Gasteiger partial charge is 0.417 e. The number of nitrogens with zero attached hydrogens (tertiary/aromatic N) is 3. The molecule has 0 fully saturated rings. The van der Waals surface area contributed by atoms with Crippen LogP contribution >= 0.6 is 0 Å². The van der Waals surface area contributed by atoms with Crippen molar-refractivity contribution in [1.82, 2.24) is 14.8 Å². The second-order valence-electron chi connectivity index (χ2n) is 4.25. The Hall–Kier alpha value is -2.18. The third kappa shape index (κ3) is 2.87. The molecule has 0 aliphatic carbocycles. The number of carbonyl (C=O) groups is 1. The molecule has 0 saturated carbocycles. The summed E-state index contributed by atoms with van der Waals surface area (Å²) in [5.41, 5.74) is 0.218. The maximum Gasteiger partial charge on any atom is 0.417 e. The van der Waals surface area contributed by atoms with Crippen molar-refractivity contribution >= 4 is 6.29 Å². The van der Waals surface area contributed by atoms with Gasteiger partial charge in [-0.15, -0.1) is 0 Å². The number of carbonyl (C=O) groups excluding carboxylic acids is 1. The number of rotatable bonds is 4. The average molecular weight is 283 g/mol. The Morgan fingerprint density at radius 1 is 1.35 bits per heavy atom. The number of hydrogen-bond acceptors (Lipinski definition) is 3. The van der Waals surface area contributed by atoms with Crippen LogP contribution in [-0.2, 0) is 12.6 Å². The fourth-order valence-electron chi connectivity index (χ4n) is 1.76. The smallest absolute Gasteiger partial charge is 0.298 e. The summed E-state index contributed by atoms with van der Waals surface area (Å²) < 4.78 is 38.6. The van der Waals surface area contributed by atoms with E-state index in [0.717, 1.165) is 18.7 Å². The molecule has 7 heteroatoms. The third-order valence-corrected chi connectivity index (χ3v) is 2.75. The Morgan fingerprint density at radius 3 is 2.60 bits per heavy atom. The molecular weight excluding hydrogens is 271 g/mol. The van der Waals surface area contributed by atoms with Gasteiger partial charge in [-0.2, -0.15) is 18.3 Å². The number of aryl methyl sites for hydroxylation is 1. The molecule has 2 aromatic rings. The second-order valence-corrected chi connectivity index (χ2v) is 4.25. The molecular formula is C13H12F3N3O. The Morgan fingerprint density at radius 2 is 2.10 bits per heavy atom. The van der Waals surface area contributed by atoms with Gasteiger partial charge in [0.2, 0.25) is 0 Å². The van der Waals surface area contributed by atoms with Crippen LogP contribution < -0.4 is 0 Å². The minimum atomic E-state index is -4.42. The minimum absolute atomic E-state index is 0.239. The summed E-state index contributed by atoms with van der Waals surface area (Å²) in [6.45, 7) is 1.95. The number of pyridine rings is 1. The van der Waals surface area contributed by atoms with Gasteiger partial charge in [0.25, 0.3) is 0 Å². The van der Waals surface area contributed by atoms with Gasteiger partial charge in [0.05, 0.1) is 16.8 Å². The first-order chi connectivity index (χ1) is 9.45. The van der Waals surface area contributed by atoms with E-state index in [1.165, 1.54) is 16.9 Å². The average Bonchev–Trinajstić information content (AvgIpc) is 2.81. The van der Waals surface area contributed by atoms with E-state index in [-0.39, 0.29) is 5.82 Å². The van der Waals surface area contributed by atoms with Gasteiger partial charge in [0.1, 0.15) is 0 Å². The summed E-state index contributed by atoms with van der Waals surface area (Å²) in [4.78, 5) is 14.6. The molecule has 2 heterocycles. The molecule has 0 aliphatic rings. The van der Waals surface area contributed by atoms with Gasteiger partial charge in [-0.05, 0) is 18.6 Å². The zero-order valence-electron chi connectivity index (χ0n) is 10.7. The quantitative estimate of drug-likeness (QED) is 0.810. The lowest BCUT2D eigenvalue weighted by Gasteiger charge is -2.06. The summed E-state index contributed by atoms with van der Waals surface area (Å²) in [6.07, 6.45) is -0.0831. The van der Waals surface area contributed by atoms with Crippen LogP contribution in [-0.4, -0.2) is 21.1 Å². The summed E-state index contributed by atoms with van der Waals surface area (Å²) in [6, 6.07) is 2.16. The van der Waals surface area contributed by atoms with Crippen LogP contribution in [0.15, 0.2) is 24.5 Å². The van der Waals surface area contributed by atoms with Crippen LogP contribution in [0.1, 0.15) is 35.0 Å². The van der Waals surface area contributed by atoms with E-state index >= 15 is 0 Å². The van der Waals surface area contributed by atoms with E-state index < -0.39 is 11.7 Å². The van der Waals surface area contributed by atoms with Crippen molar-refractivity contribution in [3.63, 3.8) is 0 Å². The standard InChI is InChI=1S/C13H12F3N3O/c1-2-3-11-9(8-20)7-19(18-11)12-5-4-10(6-17-12)13(14,15)16/h4-8H,2-3H2,1H3. The molecule has 0 amide bonds. The molecule has 106 valence electrons. The van der Waals surface area contributed by atoms with Crippen LogP contribution in [0.5, 0.6) is 0 Å². The highest BCUT2D eigenvalue weighted by Gasteiger charge is 2.30. The van der Waals surface area contributed by atoms with Gasteiger partial charge < -0.3 is 0 Å². The molecule has 0 spiro atoms. The highest BCUT2D eigenvalue weighted by molar-refractivity contribution is 5.76. The molecule has 0 radical (unpaired) electrons. The van der Waals surface area contributed by atoms with Crippen molar-refractivity contribution < 1.29 is 18.0 Å². The molecule has 0 N–H and O–H groups in total. The van der Waals surface area contributed by atoms with Crippen LogP contribution in [0.2, 0.25) is 0 Å². The van der Waals surface area contributed by atoms with E-state index in [1.54, 1.807) is 0 Å². The first-order valence-electron chi connectivity index (χ1n) is 6.03. The lowest BCUT2D eigenvalue weighted by molar-refractivity contribution is -0.137. The van der Waals surface area contributed by atoms with Crippen molar-refractivity contribution in [3.05, 3.63) is 41.3 Å². The third-order valence-electron chi connectivity index (χ3n) is 2.75. The first kappa shape index (κ1) is 14.2. The highest BCUT2D eigenvalue weighted by Crippen LogP contribution is 2.28. The molecule has 0 aromatic carbocycles. The number of alkyl halides is 3. The van der Waals surface area contributed by atoms with Crippen LogP contribution in [0.4, 0.5) is 13.2 Å². The van der Waals surface area contributed by atoms with Crippen molar-refractivity contribution in [2.75, 3.05) is 0 Å². The Kier molecular flexibility index (Phi) is 3.87. The van der Waals surface area contributed by atoms with Gasteiger partial charge >= 0.3 is 6.18 Å². The number of hydrogen-bond donors (Lipinski definition) is 0. The molecule has 0 aliphatic heterocycles. The topological polar surface area (TPSA) is 47.8 Å². The summed E-state index contributed by atoms with van der Waals surface area (Å²) >= 11 is 0. The Balaban J connectivity index is 2.34. The monoisotopic (exact) mass is 283 g/mol. The SMILES string of the molecule is CCCc1nn(-c2ccc(C(F)(F)F)cn2)cc1C=O. The summed E-state index contributed by atoms with van der Waals surface area (Å²) in [5, 5.41) is 4.17. The van der Waals surface area contributed by atoms with E-state index in [2.05, 4.69) is 10.1 Å². The zero-order valence-corrected chi connectivity index (χ0v) is 10.7. The lowest BCUT2D eigenvalue weighted by atomic mass is 10.2. The number of aromatic nitrogens is 3. The van der Waals surface area contributed by atoms with E-state index in [1.807, 2.05) is 6.92 Å². The maximum atomic E-state index is 12.4. The maximum absolute atomic E-state index is 12.4. The van der Waals surface area contributed by atoms with Crippen molar-refractivity contribution in [3.8, 4) is 5.82 Å². The van der Waals surface area contributed by atoms with Crippen LogP contribution in [0.25, 0.3) is 5.82 Å². The molecule has 20 heavy (non-hydrogen) atoms. The van der Waals surface area contributed by atoms with Crippen molar-refractivity contribution in [1.29, 1.82) is 0 Å². The normalized spacial score (nSPS) is 11.6. The fraction of sp³-hybridized carbons (Fsp3) is 0.308. The first-order valence-corrected chi connectivity index (χ1v) is 6.03. The molecule has 2 aromatic heterocycles. The molecule has 0 bridgehead atoms. The predicted molar refractivity (Wildman–Crippen MR) is 65.7 cm³/mol. The second kappa shape index (κ2) is 5.44. The number of halogens is 3. The van der Waals surface area contributed by atoms with Gasteiger partial charge in [-0.1, -0.05) is 13.3 Å². The molecule has 0 saturated heterocycles. The molecule has 2 rings (SSSR count). The van der Waals surface area contributed by atoms with E-state index in [0.29, 0.717) is 24.0 Å². The Labute approximate surface area is 113 Å². The van der Waals surface area contributed by atoms with E-state index in [9.17, 15) is 18.0 Å². The Bertz CT molecular complexity index is 602. The molecule has 4 nitrogen and oxygen atoms in total. The minimum Gasteiger partial charge on any atom is -0.298 e. The highest BCUT2D eigenvalue weighted by atomic mass is 19.4. The van der Waals surface area contributed by atoms with Gasteiger partial charge in [0, 0.05) is 12.4 Å². The zero-order chi connectivity index (χ0) is 14.8. The summed E-state index contributed by atoms with van der Waals surface area (Å²) in [5.74, 6) is 0.239. The summed E-state index contributed by atoms with van der Waals surface area (Å²) in [7, 11) is 0. The fourth-order valence-corrected chi connectivity index (χ4v) is 1.76.